The van der Waals surface area contributed by atoms with Gasteiger partial charge in [-0.15, -0.1) is 0 Å². The largest absolute Gasteiger partial charge is 0.480 e. The van der Waals surface area contributed by atoms with Crippen molar-refractivity contribution in [1.29, 1.82) is 0 Å². The predicted molar refractivity (Wildman–Crippen MR) is 81.3 cm³/mol. The van der Waals surface area contributed by atoms with Crippen LogP contribution < -0.4 is 5.32 Å². The first kappa shape index (κ1) is 15.5. The SMILES string of the molecule is CCCC(NC(=O)Cc1ccc2c(c1)CCCC2)C(=O)O. The van der Waals surface area contributed by atoms with E-state index in [4.69, 9.17) is 5.11 Å². The fourth-order valence-electron chi connectivity index (χ4n) is 2.87. The van der Waals surface area contributed by atoms with Gasteiger partial charge in [0.05, 0.1) is 6.42 Å². The van der Waals surface area contributed by atoms with E-state index in [-0.39, 0.29) is 12.3 Å². The average Bonchev–Trinajstić information content (AvgIpc) is 2.46. The quantitative estimate of drug-likeness (QED) is 0.845. The molecule has 0 aromatic heterocycles. The fourth-order valence-corrected chi connectivity index (χ4v) is 2.87. The molecule has 1 unspecified atom stereocenters. The summed E-state index contributed by atoms with van der Waals surface area (Å²) in [4.78, 5) is 23.0. The molecule has 1 aliphatic carbocycles. The summed E-state index contributed by atoms with van der Waals surface area (Å²) < 4.78 is 0. The van der Waals surface area contributed by atoms with E-state index in [0.717, 1.165) is 24.8 Å². The lowest BCUT2D eigenvalue weighted by Crippen LogP contribution is -2.41. The summed E-state index contributed by atoms with van der Waals surface area (Å²) in [6.45, 7) is 1.91. The van der Waals surface area contributed by atoms with E-state index < -0.39 is 12.0 Å². The zero-order valence-electron chi connectivity index (χ0n) is 12.5. The van der Waals surface area contributed by atoms with E-state index in [1.54, 1.807) is 0 Å². The number of hydrogen-bond acceptors (Lipinski definition) is 2. The molecule has 0 fully saturated rings. The van der Waals surface area contributed by atoms with Gasteiger partial charge in [0.2, 0.25) is 5.91 Å². The van der Waals surface area contributed by atoms with Crippen LogP contribution in [-0.4, -0.2) is 23.0 Å². The molecule has 1 aliphatic rings. The van der Waals surface area contributed by atoms with Gasteiger partial charge >= 0.3 is 5.97 Å². The number of carbonyl (C=O) groups is 2. The van der Waals surface area contributed by atoms with E-state index in [0.29, 0.717) is 6.42 Å². The number of rotatable bonds is 6. The zero-order chi connectivity index (χ0) is 15.2. The summed E-state index contributed by atoms with van der Waals surface area (Å²) in [7, 11) is 0. The molecule has 21 heavy (non-hydrogen) atoms. The van der Waals surface area contributed by atoms with Crippen molar-refractivity contribution in [3.63, 3.8) is 0 Å². The lowest BCUT2D eigenvalue weighted by atomic mass is 9.90. The molecule has 2 rings (SSSR count). The van der Waals surface area contributed by atoms with Crippen LogP contribution in [-0.2, 0) is 28.9 Å². The molecule has 0 saturated heterocycles. The van der Waals surface area contributed by atoms with Crippen LogP contribution in [0.15, 0.2) is 18.2 Å². The van der Waals surface area contributed by atoms with Crippen molar-refractivity contribution in [1.82, 2.24) is 5.32 Å². The van der Waals surface area contributed by atoms with Crippen LogP contribution in [0, 0.1) is 0 Å². The Morgan fingerprint density at radius 2 is 1.95 bits per heavy atom. The topological polar surface area (TPSA) is 66.4 Å². The van der Waals surface area contributed by atoms with Crippen LogP contribution in [0.5, 0.6) is 0 Å². The Morgan fingerprint density at radius 3 is 2.62 bits per heavy atom. The number of carboxylic acids is 1. The second-order valence-electron chi connectivity index (χ2n) is 5.73. The van der Waals surface area contributed by atoms with Gasteiger partial charge in [-0.3, -0.25) is 4.79 Å². The molecule has 0 radical (unpaired) electrons. The highest BCUT2D eigenvalue weighted by atomic mass is 16.4. The number of aliphatic carboxylic acids is 1. The number of nitrogens with one attached hydrogen (secondary N) is 1. The normalized spacial score (nSPS) is 15.1. The van der Waals surface area contributed by atoms with Crippen LogP contribution in [0.25, 0.3) is 0 Å². The Morgan fingerprint density at radius 1 is 1.24 bits per heavy atom. The third-order valence-corrected chi connectivity index (χ3v) is 3.99. The summed E-state index contributed by atoms with van der Waals surface area (Å²) in [6, 6.07) is 5.42. The van der Waals surface area contributed by atoms with Gasteiger partial charge < -0.3 is 10.4 Å². The molecule has 1 amide bonds. The van der Waals surface area contributed by atoms with Crippen molar-refractivity contribution >= 4 is 11.9 Å². The van der Waals surface area contributed by atoms with Crippen molar-refractivity contribution < 1.29 is 14.7 Å². The first-order chi connectivity index (χ1) is 10.1. The standard InChI is InChI=1S/C17H23NO3/c1-2-5-15(17(20)21)18-16(19)11-12-8-9-13-6-3-4-7-14(13)10-12/h8-10,15H,2-7,11H2,1H3,(H,18,19)(H,20,21). The smallest absolute Gasteiger partial charge is 0.326 e. The summed E-state index contributed by atoms with van der Waals surface area (Å²) in [5, 5.41) is 11.7. The van der Waals surface area contributed by atoms with Crippen LogP contribution >= 0.6 is 0 Å². The third-order valence-electron chi connectivity index (χ3n) is 3.99. The molecular formula is C17H23NO3. The molecule has 0 aliphatic heterocycles. The van der Waals surface area contributed by atoms with Crippen molar-refractivity contribution in [3.8, 4) is 0 Å². The molecule has 0 bridgehead atoms. The van der Waals surface area contributed by atoms with Crippen molar-refractivity contribution in [2.24, 2.45) is 0 Å². The summed E-state index contributed by atoms with van der Waals surface area (Å²) in [6.07, 6.45) is 6.10. The van der Waals surface area contributed by atoms with Crippen molar-refractivity contribution in [2.75, 3.05) is 0 Å². The number of benzene rings is 1. The van der Waals surface area contributed by atoms with Gasteiger partial charge in [0.15, 0.2) is 0 Å². The summed E-state index contributed by atoms with van der Waals surface area (Å²) in [5.74, 6) is -1.18. The van der Waals surface area contributed by atoms with Gasteiger partial charge in [-0.05, 0) is 48.8 Å². The minimum atomic E-state index is -0.962. The lowest BCUT2D eigenvalue weighted by molar-refractivity contribution is -0.141. The maximum Gasteiger partial charge on any atom is 0.326 e. The highest BCUT2D eigenvalue weighted by Crippen LogP contribution is 2.22. The number of carbonyl (C=O) groups excluding carboxylic acids is 1. The summed E-state index contributed by atoms with van der Waals surface area (Å²) >= 11 is 0. The fraction of sp³-hybridized carbons (Fsp3) is 0.529. The Hall–Kier alpha value is -1.84. The number of hydrogen-bond donors (Lipinski definition) is 2. The zero-order valence-corrected chi connectivity index (χ0v) is 12.5. The molecule has 2 N–H and O–H groups in total. The molecular weight excluding hydrogens is 266 g/mol. The first-order valence-electron chi connectivity index (χ1n) is 7.73. The van der Waals surface area contributed by atoms with Gasteiger partial charge in [0.1, 0.15) is 6.04 Å². The molecule has 1 aromatic rings. The van der Waals surface area contributed by atoms with Crippen molar-refractivity contribution in [2.45, 2.75) is 57.9 Å². The van der Waals surface area contributed by atoms with Gasteiger partial charge in [0.25, 0.3) is 0 Å². The maximum atomic E-state index is 12.0. The molecule has 4 heteroatoms. The van der Waals surface area contributed by atoms with Gasteiger partial charge in [-0.1, -0.05) is 31.5 Å². The van der Waals surface area contributed by atoms with Crippen LogP contribution in [0.1, 0.15) is 49.3 Å². The summed E-state index contributed by atoms with van der Waals surface area (Å²) in [5.41, 5.74) is 3.70. The van der Waals surface area contributed by atoms with Gasteiger partial charge in [-0.25, -0.2) is 4.79 Å². The molecule has 4 nitrogen and oxygen atoms in total. The minimum Gasteiger partial charge on any atom is -0.480 e. The molecule has 0 spiro atoms. The highest BCUT2D eigenvalue weighted by Gasteiger charge is 2.19. The molecule has 0 heterocycles. The molecule has 1 aromatic carbocycles. The lowest BCUT2D eigenvalue weighted by Gasteiger charge is -2.17. The van der Waals surface area contributed by atoms with Crippen LogP contribution in [0.2, 0.25) is 0 Å². The average molecular weight is 289 g/mol. The van der Waals surface area contributed by atoms with Crippen LogP contribution in [0.4, 0.5) is 0 Å². The van der Waals surface area contributed by atoms with Gasteiger partial charge in [0, 0.05) is 0 Å². The van der Waals surface area contributed by atoms with E-state index in [1.165, 1.54) is 24.0 Å². The molecule has 1 atom stereocenters. The Balaban J connectivity index is 1.97. The predicted octanol–water partition coefficient (Wildman–Crippen LogP) is 2.48. The van der Waals surface area contributed by atoms with E-state index in [1.807, 2.05) is 13.0 Å². The van der Waals surface area contributed by atoms with E-state index in [9.17, 15) is 9.59 Å². The third kappa shape index (κ3) is 4.31. The second kappa shape index (κ2) is 7.25. The number of aryl methyl sites for hydroxylation is 2. The highest BCUT2D eigenvalue weighted by molar-refractivity contribution is 5.84. The first-order valence-corrected chi connectivity index (χ1v) is 7.73. The Kier molecular flexibility index (Phi) is 5.37. The number of fused-ring (bicyclic) bond motifs is 1. The number of carboxylic acid groups (broad SMARTS) is 1. The van der Waals surface area contributed by atoms with E-state index >= 15 is 0 Å². The monoisotopic (exact) mass is 289 g/mol. The van der Waals surface area contributed by atoms with Crippen molar-refractivity contribution in [3.05, 3.63) is 34.9 Å². The second-order valence-corrected chi connectivity index (χ2v) is 5.73. The molecule has 0 saturated carbocycles. The molecule has 114 valence electrons. The van der Waals surface area contributed by atoms with Crippen LogP contribution in [0.3, 0.4) is 0 Å². The number of amides is 1. The minimum absolute atomic E-state index is 0.216. The van der Waals surface area contributed by atoms with E-state index in [2.05, 4.69) is 17.4 Å². The Bertz CT molecular complexity index is 525. The maximum absolute atomic E-state index is 12.0. The van der Waals surface area contributed by atoms with Gasteiger partial charge in [-0.2, -0.15) is 0 Å². The Labute approximate surface area is 125 Å².